The summed E-state index contributed by atoms with van der Waals surface area (Å²) in [6, 6.07) is 17.5. The normalized spacial score (nSPS) is 11.3. The predicted molar refractivity (Wildman–Crippen MR) is 151 cm³/mol. The lowest BCUT2D eigenvalue weighted by atomic mass is 10.0. The van der Waals surface area contributed by atoms with Crippen molar-refractivity contribution in [1.82, 2.24) is 25.4 Å². The molecule has 40 heavy (non-hydrogen) atoms. The maximum Gasteiger partial charge on any atom is 0.573 e. The minimum absolute atomic E-state index is 0.128. The van der Waals surface area contributed by atoms with Crippen molar-refractivity contribution in [3.05, 3.63) is 89.2 Å². The molecule has 0 fully saturated rings. The van der Waals surface area contributed by atoms with Crippen LogP contribution in [-0.4, -0.2) is 32.3 Å². The van der Waals surface area contributed by atoms with E-state index in [-0.39, 0.29) is 23.3 Å². The van der Waals surface area contributed by atoms with E-state index < -0.39 is 12.4 Å². The van der Waals surface area contributed by atoms with Gasteiger partial charge in [-0.3, -0.25) is 5.32 Å². The summed E-state index contributed by atoms with van der Waals surface area (Å²) >= 11 is 11.4. The first-order chi connectivity index (χ1) is 19.0. The van der Waals surface area contributed by atoms with Crippen LogP contribution in [0, 0.1) is 0 Å². The number of nitrogens with zero attached hydrogens (tertiary/aromatic N) is 3. The zero-order chi connectivity index (χ0) is 28.9. The number of alkyl halides is 3. The molecule has 4 aromatic rings. The van der Waals surface area contributed by atoms with Crippen LogP contribution in [0.3, 0.4) is 0 Å². The minimum atomic E-state index is -4.76. The molecule has 208 valence electrons. The molecule has 3 N–H and O–H groups in total. The molecule has 0 aliphatic carbocycles. The Morgan fingerprint density at radius 2 is 1.85 bits per heavy atom. The molecule has 1 heterocycles. The van der Waals surface area contributed by atoms with E-state index in [0.29, 0.717) is 22.1 Å². The highest BCUT2D eigenvalue weighted by Gasteiger charge is 2.31. The van der Waals surface area contributed by atoms with Crippen LogP contribution in [0.4, 0.5) is 23.7 Å². The van der Waals surface area contributed by atoms with Gasteiger partial charge in [-0.05, 0) is 71.7 Å². The largest absolute Gasteiger partial charge is 0.573 e. The number of nitrogens with one attached hydrogen (secondary N) is 3. The number of carbonyl (C=O) groups excluding carboxylic acids is 1. The molecular weight excluding hydrogens is 565 g/mol. The zero-order valence-corrected chi connectivity index (χ0v) is 22.9. The Balaban J connectivity index is 1.34. The fourth-order valence-corrected chi connectivity index (χ4v) is 4.14. The van der Waals surface area contributed by atoms with Gasteiger partial charge in [0.2, 0.25) is 0 Å². The van der Waals surface area contributed by atoms with Crippen LogP contribution in [0.2, 0.25) is 5.02 Å². The Hall–Kier alpha value is -4.16. The summed E-state index contributed by atoms with van der Waals surface area (Å²) < 4.78 is 42.5. The molecule has 0 unspecified atom stereocenters. The van der Waals surface area contributed by atoms with Gasteiger partial charge >= 0.3 is 12.4 Å². The highest BCUT2D eigenvalue weighted by molar-refractivity contribution is 7.80. The van der Waals surface area contributed by atoms with E-state index in [9.17, 15) is 18.0 Å². The number of thiocarbonyl (C=S) groups is 1. The van der Waals surface area contributed by atoms with Crippen molar-refractivity contribution in [2.24, 2.45) is 0 Å². The molecule has 0 bridgehead atoms. The molecule has 0 saturated carbocycles. The second-order valence-electron chi connectivity index (χ2n) is 8.90. The van der Waals surface area contributed by atoms with Crippen LogP contribution in [0.1, 0.15) is 30.9 Å². The van der Waals surface area contributed by atoms with Crippen LogP contribution < -0.4 is 20.7 Å². The van der Waals surface area contributed by atoms with Gasteiger partial charge in [-0.15, -0.1) is 18.3 Å². The third-order valence-electron chi connectivity index (χ3n) is 5.58. The first-order valence-corrected chi connectivity index (χ1v) is 12.8. The summed E-state index contributed by atoms with van der Waals surface area (Å²) in [5.74, 6) is 0.292. The van der Waals surface area contributed by atoms with E-state index in [1.807, 2.05) is 32.0 Å². The maximum absolute atomic E-state index is 12.4. The summed E-state index contributed by atoms with van der Waals surface area (Å²) in [6.45, 7) is 4.29. The minimum Gasteiger partial charge on any atom is -0.406 e. The van der Waals surface area contributed by atoms with Gasteiger partial charge in [0.05, 0.1) is 5.69 Å². The molecule has 0 radical (unpaired) electrons. The molecule has 8 nitrogen and oxygen atoms in total. The smallest absolute Gasteiger partial charge is 0.406 e. The standard InChI is InChI=1S/C27H24ClF3N6O2S/c1-16(2)22-11-6-19(28)13-23(22)34-26(40)35-25(38)32-14-17-4-3-5-18(12-17)24-33-15-37(36-24)20-7-9-21(10-8-20)39-27(29,30)31/h3-13,15-16H,14H2,1-2H3,(H3,32,34,35,38,40). The summed E-state index contributed by atoms with van der Waals surface area (Å²) in [4.78, 5) is 16.7. The van der Waals surface area contributed by atoms with Crippen LogP contribution >= 0.6 is 23.8 Å². The number of ether oxygens (including phenoxy) is 1. The van der Waals surface area contributed by atoms with Crippen molar-refractivity contribution in [2.75, 3.05) is 5.32 Å². The second kappa shape index (κ2) is 12.3. The number of anilines is 1. The zero-order valence-electron chi connectivity index (χ0n) is 21.3. The van der Waals surface area contributed by atoms with Crippen molar-refractivity contribution in [3.63, 3.8) is 0 Å². The molecule has 3 aromatic carbocycles. The Morgan fingerprint density at radius 3 is 2.55 bits per heavy atom. The van der Waals surface area contributed by atoms with Gasteiger partial charge in [-0.1, -0.05) is 49.7 Å². The quantitative estimate of drug-likeness (QED) is 0.206. The number of aromatic nitrogens is 3. The van der Waals surface area contributed by atoms with Gasteiger partial charge in [-0.2, -0.15) is 0 Å². The molecule has 0 aliphatic heterocycles. The van der Waals surface area contributed by atoms with Crippen molar-refractivity contribution in [3.8, 4) is 22.8 Å². The van der Waals surface area contributed by atoms with Gasteiger partial charge < -0.3 is 15.4 Å². The summed E-state index contributed by atoms with van der Waals surface area (Å²) in [6.07, 6.45) is -3.31. The van der Waals surface area contributed by atoms with Crippen molar-refractivity contribution in [1.29, 1.82) is 0 Å². The second-order valence-corrected chi connectivity index (χ2v) is 9.75. The summed E-state index contributed by atoms with van der Waals surface area (Å²) in [5, 5.41) is 13.5. The Labute approximate surface area is 238 Å². The fraction of sp³-hybridized carbons (Fsp3) is 0.185. The Morgan fingerprint density at radius 1 is 1.10 bits per heavy atom. The topological polar surface area (TPSA) is 93.1 Å². The van der Waals surface area contributed by atoms with Crippen LogP contribution in [0.15, 0.2) is 73.1 Å². The molecule has 13 heteroatoms. The van der Waals surface area contributed by atoms with Crippen molar-refractivity contribution < 1.29 is 22.7 Å². The van der Waals surface area contributed by atoms with E-state index in [4.69, 9.17) is 23.8 Å². The molecule has 0 spiro atoms. The maximum atomic E-state index is 12.4. The molecule has 0 aliphatic rings. The van der Waals surface area contributed by atoms with Gasteiger partial charge in [0.1, 0.15) is 12.1 Å². The molecule has 1 aromatic heterocycles. The third kappa shape index (κ3) is 7.93. The number of carbonyl (C=O) groups is 1. The lowest BCUT2D eigenvalue weighted by Crippen LogP contribution is -2.41. The summed E-state index contributed by atoms with van der Waals surface area (Å²) in [5.41, 5.74) is 3.71. The highest BCUT2D eigenvalue weighted by Crippen LogP contribution is 2.27. The molecule has 0 atom stereocenters. The third-order valence-corrected chi connectivity index (χ3v) is 6.02. The van der Waals surface area contributed by atoms with Crippen molar-refractivity contribution >= 4 is 40.6 Å². The van der Waals surface area contributed by atoms with Gasteiger partial charge in [0.25, 0.3) is 0 Å². The Kier molecular flexibility index (Phi) is 8.90. The molecule has 4 rings (SSSR count). The Bertz CT molecular complexity index is 1510. The van der Waals surface area contributed by atoms with E-state index >= 15 is 0 Å². The first-order valence-electron chi connectivity index (χ1n) is 12.0. The number of hydrogen-bond donors (Lipinski definition) is 3. The SMILES string of the molecule is CC(C)c1ccc(Cl)cc1NC(=S)NC(=O)NCc1cccc(-c2ncn(-c3ccc(OC(F)(F)F)cc3)n2)c1. The number of rotatable bonds is 7. The van der Waals surface area contributed by atoms with Gasteiger partial charge in [-0.25, -0.2) is 14.5 Å². The predicted octanol–water partition coefficient (Wildman–Crippen LogP) is 6.81. The monoisotopic (exact) mass is 588 g/mol. The lowest BCUT2D eigenvalue weighted by Gasteiger charge is -2.16. The highest BCUT2D eigenvalue weighted by atomic mass is 35.5. The first kappa shape index (κ1) is 28.8. The number of amides is 2. The van der Waals surface area contributed by atoms with Crippen LogP contribution in [-0.2, 0) is 6.54 Å². The fourth-order valence-electron chi connectivity index (χ4n) is 3.76. The lowest BCUT2D eigenvalue weighted by molar-refractivity contribution is -0.274. The van der Waals surface area contributed by atoms with E-state index in [1.165, 1.54) is 35.3 Å². The number of urea groups is 1. The molecule has 0 saturated heterocycles. The number of halogens is 4. The van der Waals surface area contributed by atoms with E-state index in [2.05, 4.69) is 30.8 Å². The average molecular weight is 589 g/mol. The van der Waals surface area contributed by atoms with E-state index in [0.717, 1.165) is 16.8 Å². The van der Waals surface area contributed by atoms with Crippen LogP contribution in [0.25, 0.3) is 17.1 Å². The molecular formula is C27H24ClF3N6O2S. The molecule has 2 amide bonds. The van der Waals surface area contributed by atoms with Gasteiger partial charge in [0, 0.05) is 22.8 Å². The van der Waals surface area contributed by atoms with E-state index in [1.54, 1.807) is 24.3 Å². The van der Waals surface area contributed by atoms with Crippen LogP contribution in [0.5, 0.6) is 5.75 Å². The van der Waals surface area contributed by atoms with Gasteiger partial charge in [0.15, 0.2) is 10.9 Å². The summed E-state index contributed by atoms with van der Waals surface area (Å²) in [7, 11) is 0. The average Bonchev–Trinajstić information content (AvgIpc) is 3.37. The van der Waals surface area contributed by atoms with Crippen molar-refractivity contribution in [2.45, 2.75) is 32.7 Å². The number of hydrogen-bond acceptors (Lipinski definition) is 5. The number of benzene rings is 3.